The van der Waals surface area contributed by atoms with E-state index in [2.05, 4.69) is 5.32 Å². The number of nitro groups is 1. The zero-order chi connectivity index (χ0) is 13.3. The largest absolute Gasteiger partial charge is 0.349 e. The zero-order valence-electron chi connectivity index (χ0n) is 10.1. The average molecular weight is 249 g/mol. The molecule has 6 heteroatoms. The molecule has 1 aliphatic rings. The van der Waals surface area contributed by atoms with Crippen molar-refractivity contribution in [2.24, 2.45) is 5.73 Å². The first-order valence-corrected chi connectivity index (χ1v) is 5.79. The molecule has 1 fully saturated rings. The third kappa shape index (κ3) is 2.48. The predicted octanol–water partition coefficient (Wildman–Crippen LogP) is 1.12. The van der Waals surface area contributed by atoms with Gasteiger partial charge in [0.15, 0.2) is 0 Å². The molecule has 1 aromatic carbocycles. The highest BCUT2D eigenvalue weighted by Gasteiger charge is 2.27. The second-order valence-corrected chi connectivity index (χ2v) is 4.66. The second kappa shape index (κ2) is 4.73. The molecule has 0 spiro atoms. The molecule has 96 valence electrons. The lowest BCUT2D eigenvalue weighted by atomic mass is 9.87. The Hall–Kier alpha value is -1.95. The van der Waals surface area contributed by atoms with Gasteiger partial charge in [-0.1, -0.05) is 6.07 Å². The van der Waals surface area contributed by atoms with Crippen molar-refractivity contribution in [1.29, 1.82) is 0 Å². The normalized spacial score (nSPS) is 22.1. The molecule has 18 heavy (non-hydrogen) atoms. The molecule has 0 heterocycles. The van der Waals surface area contributed by atoms with Crippen LogP contribution in [-0.2, 0) is 0 Å². The number of hydrogen-bond acceptors (Lipinski definition) is 4. The van der Waals surface area contributed by atoms with Gasteiger partial charge in [0.25, 0.3) is 11.6 Å². The Morgan fingerprint density at radius 1 is 1.50 bits per heavy atom. The highest BCUT2D eigenvalue weighted by Crippen LogP contribution is 2.21. The third-order valence-electron chi connectivity index (χ3n) is 3.18. The smallest absolute Gasteiger partial charge is 0.273 e. The topological polar surface area (TPSA) is 98.3 Å². The van der Waals surface area contributed by atoms with Crippen molar-refractivity contribution < 1.29 is 9.72 Å². The van der Waals surface area contributed by atoms with Crippen molar-refractivity contribution in [2.75, 3.05) is 0 Å². The van der Waals surface area contributed by atoms with Crippen LogP contribution in [-0.4, -0.2) is 22.9 Å². The number of rotatable bonds is 3. The van der Waals surface area contributed by atoms with Gasteiger partial charge in [-0.25, -0.2) is 0 Å². The molecule has 1 saturated carbocycles. The summed E-state index contributed by atoms with van der Waals surface area (Å²) in [7, 11) is 0. The molecule has 0 bridgehead atoms. The summed E-state index contributed by atoms with van der Waals surface area (Å²) in [4.78, 5) is 22.2. The second-order valence-electron chi connectivity index (χ2n) is 4.66. The minimum Gasteiger partial charge on any atom is -0.349 e. The van der Waals surface area contributed by atoms with Gasteiger partial charge in [0.2, 0.25) is 0 Å². The van der Waals surface area contributed by atoms with Crippen LogP contribution in [0.2, 0.25) is 0 Å². The Morgan fingerprint density at radius 3 is 2.72 bits per heavy atom. The molecular formula is C12H15N3O3. The summed E-state index contributed by atoms with van der Waals surface area (Å²) in [5.41, 5.74) is 6.45. The van der Waals surface area contributed by atoms with Crippen molar-refractivity contribution in [1.82, 2.24) is 5.32 Å². The molecule has 0 atom stereocenters. The summed E-state index contributed by atoms with van der Waals surface area (Å²) in [6, 6.07) is 4.73. The number of nitro benzene ring substituents is 1. The molecule has 3 N–H and O–H groups in total. The first-order chi connectivity index (χ1) is 8.47. The number of aryl methyl sites for hydroxylation is 1. The first-order valence-electron chi connectivity index (χ1n) is 5.79. The van der Waals surface area contributed by atoms with Crippen molar-refractivity contribution in [2.45, 2.75) is 31.8 Å². The van der Waals surface area contributed by atoms with Crippen LogP contribution in [0.25, 0.3) is 0 Å². The number of benzene rings is 1. The first kappa shape index (κ1) is 12.5. The number of hydrogen-bond donors (Lipinski definition) is 2. The maximum Gasteiger partial charge on any atom is 0.273 e. The number of carbonyl (C=O) groups excluding carboxylic acids is 1. The summed E-state index contributed by atoms with van der Waals surface area (Å²) in [6.45, 7) is 1.64. The van der Waals surface area contributed by atoms with Crippen molar-refractivity contribution in [3.05, 3.63) is 39.4 Å². The van der Waals surface area contributed by atoms with Crippen LogP contribution in [0, 0.1) is 17.0 Å². The average Bonchev–Trinajstić information content (AvgIpc) is 2.27. The standard InChI is InChI=1S/C12H15N3O3/c1-7-2-3-8(4-11(7)15(17)18)12(16)14-10-5-9(13)6-10/h2-4,9-10H,5-6,13H2,1H3,(H,14,16). The number of nitrogens with one attached hydrogen (secondary N) is 1. The fraction of sp³-hybridized carbons (Fsp3) is 0.417. The van der Waals surface area contributed by atoms with E-state index in [0.717, 1.165) is 12.8 Å². The van der Waals surface area contributed by atoms with Gasteiger partial charge >= 0.3 is 0 Å². The van der Waals surface area contributed by atoms with E-state index in [1.807, 2.05) is 0 Å². The summed E-state index contributed by atoms with van der Waals surface area (Å²) in [6.07, 6.45) is 1.53. The fourth-order valence-electron chi connectivity index (χ4n) is 2.00. The highest BCUT2D eigenvalue weighted by atomic mass is 16.6. The Kier molecular flexibility index (Phi) is 3.29. The third-order valence-corrected chi connectivity index (χ3v) is 3.18. The monoisotopic (exact) mass is 249 g/mol. The van der Waals surface area contributed by atoms with Gasteiger partial charge in [0.05, 0.1) is 4.92 Å². The maximum absolute atomic E-state index is 11.9. The molecule has 2 rings (SSSR count). The lowest BCUT2D eigenvalue weighted by Gasteiger charge is -2.32. The van der Waals surface area contributed by atoms with Gasteiger partial charge in [-0.15, -0.1) is 0 Å². The molecule has 0 aromatic heterocycles. The molecule has 0 aliphatic heterocycles. The Balaban J connectivity index is 2.10. The lowest BCUT2D eigenvalue weighted by Crippen LogP contribution is -2.50. The molecule has 0 radical (unpaired) electrons. The van der Waals surface area contributed by atoms with E-state index in [1.54, 1.807) is 19.1 Å². The van der Waals surface area contributed by atoms with E-state index in [-0.39, 0.29) is 23.7 Å². The van der Waals surface area contributed by atoms with Gasteiger partial charge in [-0.3, -0.25) is 14.9 Å². The van der Waals surface area contributed by atoms with Gasteiger partial charge in [-0.05, 0) is 25.8 Å². The van der Waals surface area contributed by atoms with Gasteiger partial charge < -0.3 is 11.1 Å². The van der Waals surface area contributed by atoms with Crippen LogP contribution >= 0.6 is 0 Å². The van der Waals surface area contributed by atoms with Crippen molar-refractivity contribution >= 4 is 11.6 Å². The van der Waals surface area contributed by atoms with Gasteiger partial charge in [-0.2, -0.15) is 0 Å². The fourth-order valence-corrected chi connectivity index (χ4v) is 2.00. The summed E-state index contributed by atoms with van der Waals surface area (Å²) in [5.74, 6) is -0.282. The van der Waals surface area contributed by atoms with Crippen molar-refractivity contribution in [3.8, 4) is 0 Å². The van der Waals surface area contributed by atoms with E-state index in [9.17, 15) is 14.9 Å². The predicted molar refractivity (Wildman–Crippen MR) is 66.3 cm³/mol. The molecule has 1 amide bonds. The Morgan fingerprint density at radius 2 is 2.17 bits per heavy atom. The minimum absolute atomic E-state index is 0.0343. The maximum atomic E-state index is 11.9. The Bertz CT molecular complexity index is 495. The molecule has 6 nitrogen and oxygen atoms in total. The van der Waals surface area contributed by atoms with E-state index in [1.165, 1.54) is 6.07 Å². The molecule has 0 unspecified atom stereocenters. The zero-order valence-corrected chi connectivity index (χ0v) is 10.1. The molecular weight excluding hydrogens is 234 g/mol. The van der Waals surface area contributed by atoms with Crippen LogP contribution in [0.5, 0.6) is 0 Å². The van der Waals surface area contributed by atoms with E-state index in [0.29, 0.717) is 11.1 Å². The molecule has 0 saturated heterocycles. The number of nitrogens with zero attached hydrogens (tertiary/aromatic N) is 1. The quantitative estimate of drug-likeness (QED) is 0.619. The number of carbonyl (C=O) groups is 1. The van der Waals surface area contributed by atoms with Crippen LogP contribution in [0.3, 0.4) is 0 Å². The SMILES string of the molecule is Cc1ccc(C(=O)NC2CC(N)C2)cc1[N+](=O)[O-]. The Labute approximate surface area is 104 Å². The van der Waals surface area contributed by atoms with Crippen LogP contribution in [0.4, 0.5) is 5.69 Å². The van der Waals surface area contributed by atoms with E-state index in [4.69, 9.17) is 5.73 Å². The van der Waals surface area contributed by atoms with E-state index >= 15 is 0 Å². The van der Waals surface area contributed by atoms with Crippen LogP contribution < -0.4 is 11.1 Å². The number of nitrogens with two attached hydrogens (primary N) is 1. The van der Waals surface area contributed by atoms with Gasteiger partial charge in [0.1, 0.15) is 0 Å². The molecule has 1 aliphatic carbocycles. The van der Waals surface area contributed by atoms with Gasteiger partial charge in [0, 0.05) is 29.3 Å². The molecule has 1 aromatic rings. The van der Waals surface area contributed by atoms with Crippen LogP contribution in [0.1, 0.15) is 28.8 Å². The van der Waals surface area contributed by atoms with Crippen molar-refractivity contribution in [3.63, 3.8) is 0 Å². The van der Waals surface area contributed by atoms with E-state index < -0.39 is 4.92 Å². The van der Waals surface area contributed by atoms with Crippen LogP contribution in [0.15, 0.2) is 18.2 Å². The lowest BCUT2D eigenvalue weighted by molar-refractivity contribution is -0.385. The summed E-state index contributed by atoms with van der Waals surface area (Å²) < 4.78 is 0. The highest BCUT2D eigenvalue weighted by molar-refractivity contribution is 5.95. The number of amides is 1. The summed E-state index contributed by atoms with van der Waals surface area (Å²) >= 11 is 0. The summed E-state index contributed by atoms with van der Waals surface area (Å²) in [5, 5.41) is 13.6. The minimum atomic E-state index is -0.481.